The SMILES string of the molecule is CC1(C)C=C(N(c2ccc(-c3ccccc3)cc2)c2ccc3c(c2)C2(c4ccccc4-c4ccccc42)c2ccccc2-3)C=C2C=c3cc4c5ccccc5c5ccccc5c4cc3=C21. The molecule has 0 bridgehead atoms. The van der Waals surface area contributed by atoms with Crippen LogP contribution in [0.15, 0.2) is 230 Å². The summed E-state index contributed by atoms with van der Waals surface area (Å²) < 4.78 is 0. The first-order chi connectivity index (χ1) is 32.0. The Bertz CT molecular complexity index is 3840. The van der Waals surface area contributed by atoms with Crippen LogP contribution in [0.5, 0.6) is 0 Å². The molecule has 0 aromatic heterocycles. The van der Waals surface area contributed by atoms with Crippen molar-refractivity contribution in [3.05, 3.63) is 262 Å². The van der Waals surface area contributed by atoms with E-state index in [1.807, 2.05) is 0 Å². The third-order valence-electron chi connectivity index (χ3n) is 15.0. The van der Waals surface area contributed by atoms with E-state index in [0.29, 0.717) is 0 Å². The highest BCUT2D eigenvalue weighted by Gasteiger charge is 2.51. The Hall–Kier alpha value is -8.00. The predicted molar refractivity (Wildman–Crippen MR) is 273 cm³/mol. The highest BCUT2D eigenvalue weighted by molar-refractivity contribution is 6.25. The van der Waals surface area contributed by atoms with Crippen molar-refractivity contribution in [3.8, 4) is 33.4 Å². The molecule has 4 aliphatic carbocycles. The molecule has 65 heavy (non-hydrogen) atoms. The van der Waals surface area contributed by atoms with E-state index in [9.17, 15) is 0 Å². The van der Waals surface area contributed by atoms with E-state index in [2.05, 4.69) is 243 Å². The Morgan fingerprint density at radius 1 is 0.369 bits per heavy atom. The number of hydrogen-bond acceptors (Lipinski definition) is 1. The van der Waals surface area contributed by atoms with Gasteiger partial charge in [0.15, 0.2) is 0 Å². The molecule has 0 N–H and O–H groups in total. The molecule has 1 nitrogen and oxygen atoms in total. The van der Waals surface area contributed by atoms with E-state index in [0.717, 1.165) is 11.4 Å². The molecule has 10 aromatic rings. The quantitative estimate of drug-likeness (QED) is 0.160. The van der Waals surface area contributed by atoms with Crippen LogP contribution in [0.4, 0.5) is 11.4 Å². The molecule has 0 radical (unpaired) electrons. The van der Waals surface area contributed by atoms with Crippen LogP contribution in [0.2, 0.25) is 0 Å². The molecule has 304 valence electrons. The van der Waals surface area contributed by atoms with Crippen LogP contribution >= 0.6 is 0 Å². The minimum atomic E-state index is -0.436. The highest BCUT2D eigenvalue weighted by Crippen LogP contribution is 2.63. The summed E-state index contributed by atoms with van der Waals surface area (Å²) in [6.07, 6.45) is 7.41. The summed E-state index contributed by atoms with van der Waals surface area (Å²) in [6, 6.07) is 77.2. The number of allylic oxidation sites excluding steroid dienone is 3. The number of benzene rings is 10. The number of nitrogens with zero attached hydrogens (tertiary/aromatic N) is 1. The minimum absolute atomic E-state index is 0.277. The van der Waals surface area contributed by atoms with Gasteiger partial charge in [0.2, 0.25) is 0 Å². The van der Waals surface area contributed by atoms with Crippen LogP contribution in [0.1, 0.15) is 36.1 Å². The van der Waals surface area contributed by atoms with Crippen molar-refractivity contribution in [1.82, 2.24) is 0 Å². The largest absolute Gasteiger partial charge is 0.311 e. The van der Waals surface area contributed by atoms with Gasteiger partial charge in [-0.25, -0.2) is 0 Å². The monoisotopic (exact) mass is 825 g/mol. The van der Waals surface area contributed by atoms with E-state index in [1.54, 1.807) is 0 Å². The first-order valence-electron chi connectivity index (χ1n) is 22.9. The van der Waals surface area contributed by atoms with Crippen LogP contribution in [-0.2, 0) is 5.41 Å². The number of fused-ring (bicyclic) bond motifs is 18. The fourth-order valence-corrected chi connectivity index (χ4v) is 12.4. The van der Waals surface area contributed by atoms with Gasteiger partial charge in [-0.05, 0) is 158 Å². The van der Waals surface area contributed by atoms with Gasteiger partial charge in [0.05, 0.1) is 5.41 Å². The molecule has 4 aliphatic rings. The number of rotatable bonds is 4. The van der Waals surface area contributed by atoms with Crippen molar-refractivity contribution in [1.29, 1.82) is 0 Å². The average molecular weight is 826 g/mol. The topological polar surface area (TPSA) is 3.24 Å². The van der Waals surface area contributed by atoms with E-state index in [1.165, 1.54) is 115 Å². The van der Waals surface area contributed by atoms with Crippen LogP contribution < -0.4 is 15.3 Å². The zero-order valence-corrected chi connectivity index (χ0v) is 36.3. The van der Waals surface area contributed by atoms with Crippen molar-refractivity contribution in [3.63, 3.8) is 0 Å². The Morgan fingerprint density at radius 2 is 0.846 bits per heavy atom. The average Bonchev–Trinajstić information content (AvgIpc) is 3.98. The summed E-state index contributed by atoms with van der Waals surface area (Å²) in [5, 5.41) is 10.5. The Kier molecular flexibility index (Phi) is 7.45. The second kappa shape index (κ2) is 13.3. The molecule has 0 aliphatic heterocycles. The summed E-state index contributed by atoms with van der Waals surface area (Å²) in [5.41, 5.74) is 18.5. The van der Waals surface area contributed by atoms with Crippen molar-refractivity contribution in [2.75, 3.05) is 4.90 Å². The number of anilines is 2. The molecule has 0 amide bonds. The van der Waals surface area contributed by atoms with Gasteiger partial charge < -0.3 is 4.90 Å². The van der Waals surface area contributed by atoms with Crippen LogP contribution in [0, 0.1) is 5.41 Å². The van der Waals surface area contributed by atoms with Gasteiger partial charge in [0.25, 0.3) is 0 Å². The van der Waals surface area contributed by atoms with Crippen molar-refractivity contribution in [2.45, 2.75) is 19.3 Å². The molecule has 10 aromatic carbocycles. The van der Waals surface area contributed by atoms with E-state index < -0.39 is 5.41 Å². The molecule has 0 atom stereocenters. The van der Waals surface area contributed by atoms with Gasteiger partial charge in [-0.15, -0.1) is 0 Å². The summed E-state index contributed by atoms with van der Waals surface area (Å²) in [6.45, 7) is 4.80. The Morgan fingerprint density at radius 3 is 1.45 bits per heavy atom. The lowest BCUT2D eigenvalue weighted by atomic mass is 9.70. The van der Waals surface area contributed by atoms with Gasteiger partial charge in [-0.3, -0.25) is 0 Å². The predicted octanol–water partition coefficient (Wildman–Crippen LogP) is 14.8. The minimum Gasteiger partial charge on any atom is -0.311 e. The van der Waals surface area contributed by atoms with Gasteiger partial charge in [0, 0.05) is 22.5 Å². The van der Waals surface area contributed by atoms with Crippen molar-refractivity contribution in [2.24, 2.45) is 5.41 Å². The summed E-state index contributed by atoms with van der Waals surface area (Å²) in [7, 11) is 0. The lowest BCUT2D eigenvalue weighted by Gasteiger charge is -2.36. The zero-order valence-electron chi connectivity index (χ0n) is 36.3. The van der Waals surface area contributed by atoms with Gasteiger partial charge in [0.1, 0.15) is 0 Å². The molecule has 14 rings (SSSR count). The second-order valence-electron chi connectivity index (χ2n) is 18.9. The third-order valence-corrected chi connectivity index (χ3v) is 15.0. The number of hydrogen-bond donors (Lipinski definition) is 0. The standard InChI is InChI=1S/C64H43N/c1-63(2)39-46(35-43-34-42-36-56-49-20-8-6-18-47(49)48-19-7-9-21-50(48)57(56)38-55(42)62(43)63)65(44-30-28-41(29-31-44)40-16-4-3-5-17-40)45-32-33-54-53-24-12-15-27-60(53)64(61(54)37-45)58-25-13-10-22-51(58)52-23-11-14-26-59(52)64/h3-39H,1-2H3. The summed E-state index contributed by atoms with van der Waals surface area (Å²) in [4.78, 5) is 2.51. The molecule has 0 fully saturated rings. The maximum atomic E-state index is 2.51. The lowest BCUT2D eigenvalue weighted by molar-refractivity contribution is 0.637. The molecule has 0 saturated carbocycles. The normalized spacial score (nSPS) is 15.4. The Balaban J connectivity index is 0.999. The molecule has 0 unspecified atom stereocenters. The van der Waals surface area contributed by atoms with E-state index in [-0.39, 0.29) is 5.41 Å². The van der Waals surface area contributed by atoms with Crippen LogP contribution in [-0.4, -0.2) is 0 Å². The summed E-state index contributed by atoms with van der Waals surface area (Å²) >= 11 is 0. The smallest absolute Gasteiger partial charge is 0.0726 e. The lowest BCUT2D eigenvalue weighted by Crippen LogP contribution is -2.30. The molecule has 0 heterocycles. The molecule has 1 spiro atoms. The second-order valence-corrected chi connectivity index (χ2v) is 18.9. The fourth-order valence-electron chi connectivity index (χ4n) is 12.4. The molecular formula is C64H43N. The van der Waals surface area contributed by atoms with E-state index in [4.69, 9.17) is 0 Å². The summed E-state index contributed by atoms with van der Waals surface area (Å²) in [5.74, 6) is 0. The Labute approximate surface area is 378 Å². The highest BCUT2D eigenvalue weighted by atomic mass is 15.1. The van der Waals surface area contributed by atoms with Gasteiger partial charge in [-0.2, -0.15) is 0 Å². The maximum Gasteiger partial charge on any atom is 0.0726 e. The van der Waals surface area contributed by atoms with Crippen molar-refractivity contribution < 1.29 is 0 Å². The van der Waals surface area contributed by atoms with Gasteiger partial charge in [-0.1, -0.05) is 190 Å². The molecule has 0 saturated heterocycles. The molecular weight excluding hydrogens is 783 g/mol. The third kappa shape index (κ3) is 4.98. The zero-order chi connectivity index (χ0) is 43.0. The van der Waals surface area contributed by atoms with Crippen LogP contribution in [0.3, 0.4) is 0 Å². The van der Waals surface area contributed by atoms with E-state index >= 15 is 0 Å². The van der Waals surface area contributed by atoms with Crippen molar-refractivity contribution >= 4 is 55.3 Å². The maximum absolute atomic E-state index is 2.51. The fraction of sp³-hybridized carbons (Fsp3) is 0.0625. The molecule has 1 heteroatoms. The van der Waals surface area contributed by atoms with Crippen LogP contribution in [0.25, 0.3) is 77.3 Å². The van der Waals surface area contributed by atoms with Gasteiger partial charge >= 0.3 is 0 Å². The first-order valence-corrected chi connectivity index (χ1v) is 22.9. The first kappa shape index (κ1) is 36.5.